The molecule has 0 atom stereocenters. The molecule has 11 heavy (non-hydrogen) atoms. The predicted octanol–water partition coefficient (Wildman–Crippen LogP) is 0.848. The van der Waals surface area contributed by atoms with E-state index in [0.717, 1.165) is 25.4 Å². The number of likely N-dealkylation sites (N-methyl/N-ethyl adjacent to an activating group) is 1. The molecule has 0 aromatic heterocycles. The van der Waals surface area contributed by atoms with Gasteiger partial charge in [-0.1, -0.05) is 6.92 Å². The van der Waals surface area contributed by atoms with E-state index in [1.165, 1.54) is 13.0 Å². The lowest BCUT2D eigenvalue weighted by Gasteiger charge is -2.19. The van der Waals surface area contributed by atoms with Crippen LogP contribution in [0, 0.1) is 0 Å². The zero-order valence-electron chi connectivity index (χ0n) is 7.64. The second kappa shape index (κ2) is 8.37. The first-order chi connectivity index (χ1) is 5.35. The maximum atomic E-state index is 4.21. The molecule has 0 aliphatic heterocycles. The molecule has 0 amide bonds. The fraction of sp³-hybridized carbons (Fsp3) is 1.00. The van der Waals surface area contributed by atoms with Crippen molar-refractivity contribution in [2.24, 2.45) is 0 Å². The van der Waals surface area contributed by atoms with Crippen molar-refractivity contribution in [2.75, 3.05) is 39.0 Å². The van der Waals surface area contributed by atoms with Crippen molar-refractivity contribution >= 4 is 12.6 Å². The van der Waals surface area contributed by atoms with Gasteiger partial charge in [-0.3, -0.25) is 0 Å². The van der Waals surface area contributed by atoms with Crippen LogP contribution in [0.15, 0.2) is 0 Å². The van der Waals surface area contributed by atoms with Crippen molar-refractivity contribution in [2.45, 2.75) is 13.3 Å². The molecule has 0 unspecified atom stereocenters. The fourth-order valence-corrected chi connectivity index (χ4v) is 1.35. The van der Waals surface area contributed by atoms with Crippen molar-refractivity contribution in [3.63, 3.8) is 0 Å². The van der Waals surface area contributed by atoms with E-state index in [-0.39, 0.29) is 0 Å². The van der Waals surface area contributed by atoms with Crippen LogP contribution in [0.4, 0.5) is 0 Å². The third kappa shape index (κ3) is 6.66. The number of hydrogen-bond donors (Lipinski definition) is 2. The Labute approximate surface area is 75.8 Å². The lowest BCUT2D eigenvalue weighted by Crippen LogP contribution is -2.32. The van der Waals surface area contributed by atoms with E-state index >= 15 is 0 Å². The third-order valence-electron chi connectivity index (χ3n) is 1.63. The molecule has 0 rings (SSSR count). The van der Waals surface area contributed by atoms with Crippen LogP contribution in [0.2, 0.25) is 0 Å². The van der Waals surface area contributed by atoms with Gasteiger partial charge >= 0.3 is 0 Å². The Morgan fingerprint density at radius 2 is 2.00 bits per heavy atom. The molecule has 0 fully saturated rings. The Hall–Kier alpha value is 0.270. The Balaban J connectivity index is 3.34. The Bertz CT molecular complexity index is 72.5. The van der Waals surface area contributed by atoms with Gasteiger partial charge in [0, 0.05) is 25.4 Å². The van der Waals surface area contributed by atoms with Crippen molar-refractivity contribution in [1.82, 2.24) is 10.2 Å². The summed E-state index contributed by atoms with van der Waals surface area (Å²) < 4.78 is 0. The van der Waals surface area contributed by atoms with Gasteiger partial charge in [0.1, 0.15) is 0 Å². The Morgan fingerprint density at radius 3 is 2.45 bits per heavy atom. The average Bonchev–Trinajstić information content (AvgIpc) is 2.01. The average molecular weight is 176 g/mol. The van der Waals surface area contributed by atoms with Crippen LogP contribution in [0.1, 0.15) is 13.3 Å². The summed E-state index contributed by atoms with van der Waals surface area (Å²) in [6, 6.07) is 0. The quantitative estimate of drug-likeness (QED) is 0.559. The van der Waals surface area contributed by atoms with E-state index in [0.29, 0.717) is 0 Å². The van der Waals surface area contributed by atoms with Gasteiger partial charge < -0.3 is 10.2 Å². The van der Waals surface area contributed by atoms with Crippen molar-refractivity contribution in [3.05, 3.63) is 0 Å². The predicted molar refractivity (Wildman–Crippen MR) is 54.5 cm³/mol. The molecular formula is C8H20N2S. The molecule has 0 saturated carbocycles. The molecule has 0 aliphatic carbocycles. The van der Waals surface area contributed by atoms with Gasteiger partial charge in [-0.05, 0) is 20.0 Å². The normalized spacial score (nSPS) is 10.9. The first kappa shape index (κ1) is 11.3. The summed E-state index contributed by atoms with van der Waals surface area (Å²) in [5.41, 5.74) is 0. The van der Waals surface area contributed by atoms with Gasteiger partial charge in [0.05, 0.1) is 0 Å². The van der Waals surface area contributed by atoms with Gasteiger partial charge in [-0.25, -0.2) is 0 Å². The molecule has 0 bridgehead atoms. The highest BCUT2D eigenvalue weighted by atomic mass is 32.1. The van der Waals surface area contributed by atoms with Gasteiger partial charge in [0.15, 0.2) is 0 Å². The molecule has 3 heteroatoms. The monoisotopic (exact) mass is 176 g/mol. The summed E-state index contributed by atoms with van der Waals surface area (Å²) >= 11 is 4.21. The van der Waals surface area contributed by atoms with E-state index in [2.05, 4.69) is 29.8 Å². The standard InChI is InChI=1S/C8H20N2S/c1-3-5-10(7-8-11)6-4-9-2/h9,11H,3-8H2,1-2H3. The van der Waals surface area contributed by atoms with Crippen LogP contribution in [0.3, 0.4) is 0 Å². The first-order valence-electron chi connectivity index (χ1n) is 4.33. The zero-order chi connectivity index (χ0) is 8.53. The van der Waals surface area contributed by atoms with E-state index in [9.17, 15) is 0 Å². The molecule has 68 valence electrons. The second-order valence-corrected chi connectivity index (χ2v) is 3.12. The van der Waals surface area contributed by atoms with Crippen molar-refractivity contribution in [3.8, 4) is 0 Å². The van der Waals surface area contributed by atoms with Crippen molar-refractivity contribution < 1.29 is 0 Å². The second-order valence-electron chi connectivity index (χ2n) is 2.67. The van der Waals surface area contributed by atoms with E-state index in [1.807, 2.05) is 7.05 Å². The molecule has 0 aromatic carbocycles. The van der Waals surface area contributed by atoms with Crippen molar-refractivity contribution in [1.29, 1.82) is 0 Å². The minimum atomic E-state index is 0.962. The van der Waals surface area contributed by atoms with Crippen LogP contribution in [-0.4, -0.2) is 43.9 Å². The van der Waals surface area contributed by atoms with Crippen LogP contribution >= 0.6 is 12.6 Å². The summed E-state index contributed by atoms with van der Waals surface area (Å²) in [7, 11) is 1.99. The zero-order valence-corrected chi connectivity index (χ0v) is 8.53. The Morgan fingerprint density at radius 1 is 1.27 bits per heavy atom. The highest BCUT2D eigenvalue weighted by molar-refractivity contribution is 7.80. The highest BCUT2D eigenvalue weighted by Gasteiger charge is 1.99. The maximum absolute atomic E-state index is 4.21. The number of thiol groups is 1. The Kier molecular flexibility index (Phi) is 8.57. The lowest BCUT2D eigenvalue weighted by molar-refractivity contribution is 0.293. The molecule has 1 N–H and O–H groups in total. The summed E-state index contributed by atoms with van der Waals surface area (Å²) in [5, 5.41) is 3.15. The van der Waals surface area contributed by atoms with Crippen LogP contribution in [0.25, 0.3) is 0 Å². The topological polar surface area (TPSA) is 15.3 Å². The van der Waals surface area contributed by atoms with E-state index in [1.54, 1.807) is 0 Å². The van der Waals surface area contributed by atoms with Crippen LogP contribution < -0.4 is 5.32 Å². The molecule has 0 heterocycles. The minimum Gasteiger partial charge on any atom is -0.318 e. The van der Waals surface area contributed by atoms with E-state index in [4.69, 9.17) is 0 Å². The van der Waals surface area contributed by atoms with E-state index < -0.39 is 0 Å². The number of nitrogens with zero attached hydrogens (tertiary/aromatic N) is 1. The van der Waals surface area contributed by atoms with Gasteiger partial charge in [0.25, 0.3) is 0 Å². The summed E-state index contributed by atoms with van der Waals surface area (Å²) in [4.78, 5) is 2.43. The fourth-order valence-electron chi connectivity index (χ4n) is 1.06. The maximum Gasteiger partial charge on any atom is 0.0107 e. The molecule has 0 aromatic rings. The van der Waals surface area contributed by atoms with Gasteiger partial charge in [0.2, 0.25) is 0 Å². The molecule has 0 aliphatic rings. The van der Waals surface area contributed by atoms with Gasteiger partial charge in [-0.15, -0.1) is 0 Å². The largest absolute Gasteiger partial charge is 0.318 e. The smallest absolute Gasteiger partial charge is 0.0107 e. The highest BCUT2D eigenvalue weighted by Crippen LogP contribution is 1.90. The first-order valence-corrected chi connectivity index (χ1v) is 4.96. The van der Waals surface area contributed by atoms with Crippen LogP contribution in [0.5, 0.6) is 0 Å². The van der Waals surface area contributed by atoms with Gasteiger partial charge in [-0.2, -0.15) is 12.6 Å². The lowest BCUT2D eigenvalue weighted by atomic mass is 10.4. The summed E-state index contributed by atoms with van der Waals surface area (Å²) in [6.07, 6.45) is 1.23. The molecule has 2 nitrogen and oxygen atoms in total. The summed E-state index contributed by atoms with van der Waals surface area (Å²) in [5.74, 6) is 0.962. The molecule has 0 radical (unpaired) electrons. The summed E-state index contributed by atoms with van der Waals surface area (Å²) in [6.45, 7) is 6.74. The minimum absolute atomic E-state index is 0.962. The SMILES string of the molecule is CCCN(CCS)CCNC. The molecular weight excluding hydrogens is 156 g/mol. The number of rotatable bonds is 7. The number of nitrogens with one attached hydrogen (secondary N) is 1. The molecule has 0 saturated heterocycles. The third-order valence-corrected chi connectivity index (χ3v) is 1.83. The van der Waals surface area contributed by atoms with Crippen LogP contribution in [-0.2, 0) is 0 Å². The molecule has 0 spiro atoms. The number of hydrogen-bond acceptors (Lipinski definition) is 3.